The Hall–Kier alpha value is -2.22. The highest BCUT2D eigenvalue weighted by atomic mass is 16.3. The van der Waals surface area contributed by atoms with E-state index in [2.05, 4.69) is 44.6 Å². The molecule has 36 heavy (non-hydrogen) atoms. The van der Waals surface area contributed by atoms with Gasteiger partial charge in [0.2, 0.25) is 0 Å². The van der Waals surface area contributed by atoms with Crippen LogP contribution in [0.15, 0.2) is 18.2 Å². The van der Waals surface area contributed by atoms with E-state index in [0.29, 0.717) is 47.2 Å². The van der Waals surface area contributed by atoms with Crippen molar-refractivity contribution >= 4 is 11.6 Å². The van der Waals surface area contributed by atoms with Crippen molar-refractivity contribution in [1.29, 1.82) is 0 Å². The molecule has 0 amide bonds. The number of aromatic nitrogens is 2. The molecule has 0 aromatic carbocycles. The van der Waals surface area contributed by atoms with Crippen LogP contribution in [0.4, 0.5) is 11.6 Å². The molecule has 3 unspecified atom stereocenters. The van der Waals surface area contributed by atoms with E-state index in [1.165, 1.54) is 0 Å². The molecule has 2 fully saturated rings. The molecule has 0 radical (unpaired) electrons. The van der Waals surface area contributed by atoms with Gasteiger partial charge in [0.05, 0.1) is 24.6 Å². The number of pyridine rings is 2. The molecular weight excluding hydrogens is 452 g/mol. The third-order valence-corrected chi connectivity index (χ3v) is 10.6. The van der Waals surface area contributed by atoms with E-state index in [1.54, 1.807) is 0 Å². The Labute approximate surface area is 215 Å². The number of fused-ring (bicyclic) bond motifs is 1. The molecule has 4 rings (SSSR count). The highest BCUT2D eigenvalue weighted by Crippen LogP contribution is 2.84. The fraction of sp³-hybridized carbons (Fsp3) is 0.655. The van der Waals surface area contributed by atoms with Crippen LogP contribution in [0.25, 0.3) is 0 Å². The second-order valence-electron chi connectivity index (χ2n) is 12.2. The summed E-state index contributed by atoms with van der Waals surface area (Å²) < 4.78 is 0. The molecule has 7 N–H and O–H groups in total. The van der Waals surface area contributed by atoms with Gasteiger partial charge in [0, 0.05) is 6.61 Å². The molecule has 2 aliphatic rings. The molecule has 0 spiro atoms. The molecule has 2 heterocycles. The zero-order chi connectivity index (χ0) is 26.5. The first-order valence-corrected chi connectivity index (χ1v) is 13.3. The number of aliphatic hydroxyl groups is 3. The van der Waals surface area contributed by atoms with Gasteiger partial charge in [-0.25, -0.2) is 9.97 Å². The molecule has 198 valence electrons. The van der Waals surface area contributed by atoms with Crippen LogP contribution in [0.1, 0.15) is 75.5 Å². The Morgan fingerprint density at radius 2 is 1.33 bits per heavy atom. The average Bonchev–Trinajstić information content (AvgIpc) is 2.84. The first-order valence-electron chi connectivity index (χ1n) is 13.3. The zero-order valence-electron chi connectivity index (χ0n) is 22.5. The van der Waals surface area contributed by atoms with Gasteiger partial charge in [-0.3, -0.25) is 0 Å². The molecule has 2 aliphatic carbocycles. The second-order valence-corrected chi connectivity index (χ2v) is 12.2. The van der Waals surface area contributed by atoms with E-state index < -0.39 is 0 Å². The second kappa shape index (κ2) is 9.58. The third kappa shape index (κ3) is 3.91. The summed E-state index contributed by atoms with van der Waals surface area (Å²) in [7, 11) is 0. The number of nitrogens with zero attached hydrogens (tertiary/aromatic N) is 2. The number of aryl methyl sites for hydroxylation is 2. The topological polar surface area (TPSA) is 139 Å². The number of rotatable bonds is 10. The van der Waals surface area contributed by atoms with Crippen molar-refractivity contribution in [3.05, 3.63) is 46.3 Å². The predicted molar refractivity (Wildman–Crippen MR) is 143 cm³/mol. The fourth-order valence-electron chi connectivity index (χ4n) is 8.13. The Morgan fingerprint density at radius 3 is 1.86 bits per heavy atom. The van der Waals surface area contributed by atoms with Crippen molar-refractivity contribution in [2.45, 2.75) is 79.9 Å². The van der Waals surface area contributed by atoms with Crippen molar-refractivity contribution in [1.82, 2.24) is 9.97 Å². The van der Waals surface area contributed by atoms with E-state index in [0.717, 1.165) is 42.4 Å². The summed E-state index contributed by atoms with van der Waals surface area (Å²) in [5.74, 6) is 2.71. The van der Waals surface area contributed by atoms with Crippen molar-refractivity contribution < 1.29 is 15.3 Å². The molecule has 2 saturated carbocycles. The molecule has 2 aromatic rings. The predicted octanol–water partition coefficient (Wildman–Crippen LogP) is 3.66. The number of nitrogens with two attached hydrogens (primary N) is 2. The fourth-order valence-corrected chi connectivity index (χ4v) is 8.13. The van der Waals surface area contributed by atoms with Crippen LogP contribution in [-0.4, -0.2) is 31.9 Å². The minimum Gasteiger partial charge on any atom is -0.396 e. The molecule has 0 aliphatic heterocycles. The summed E-state index contributed by atoms with van der Waals surface area (Å²) in [5, 5.41) is 28.6. The Bertz CT molecular complexity index is 1120. The first kappa shape index (κ1) is 26.8. The lowest BCUT2D eigenvalue weighted by Crippen LogP contribution is -2.79. The van der Waals surface area contributed by atoms with Gasteiger partial charge in [0.1, 0.15) is 11.6 Å². The van der Waals surface area contributed by atoms with E-state index in [4.69, 9.17) is 11.5 Å². The number of anilines is 2. The standard InChI is InChI=1S/C29H44N4O3/c1-27(2)21(10-7-17-6-9-20(15-35)32-25(17)30)24-22(28(3,4)29(24,27)5)11-8-18-14-19(12-13-34)26(31)33-23(18)16-36/h6,9,14,21-22,24,34-36H,7-8,10-13,15-16H2,1-5H3,(H2,30,32)(H2,31,33)/t21?,22?,24?,29-/m1/s1. The van der Waals surface area contributed by atoms with Gasteiger partial charge < -0.3 is 26.8 Å². The monoisotopic (exact) mass is 496 g/mol. The zero-order valence-corrected chi connectivity index (χ0v) is 22.5. The van der Waals surface area contributed by atoms with Gasteiger partial charge in [-0.05, 0) is 88.9 Å². The smallest absolute Gasteiger partial charge is 0.127 e. The number of hydrogen-bond acceptors (Lipinski definition) is 7. The highest BCUT2D eigenvalue weighted by molar-refractivity contribution is 5.44. The molecule has 7 heteroatoms. The molecule has 0 bridgehead atoms. The third-order valence-electron chi connectivity index (χ3n) is 10.6. The van der Waals surface area contributed by atoms with Gasteiger partial charge in [0.25, 0.3) is 0 Å². The van der Waals surface area contributed by atoms with Crippen molar-refractivity contribution in [2.24, 2.45) is 34.0 Å². The van der Waals surface area contributed by atoms with Gasteiger partial charge in [-0.2, -0.15) is 0 Å². The molecule has 2 aromatic heterocycles. The maximum Gasteiger partial charge on any atom is 0.127 e. The normalized spacial score (nSPS) is 27.7. The summed E-state index contributed by atoms with van der Waals surface area (Å²) in [4.78, 5) is 8.77. The van der Waals surface area contributed by atoms with E-state index >= 15 is 0 Å². The summed E-state index contributed by atoms with van der Waals surface area (Å²) in [6.45, 7) is 12.0. The van der Waals surface area contributed by atoms with Gasteiger partial charge in [0.15, 0.2) is 0 Å². The van der Waals surface area contributed by atoms with Gasteiger partial charge in [-0.15, -0.1) is 0 Å². The van der Waals surface area contributed by atoms with Crippen LogP contribution in [0, 0.1) is 34.0 Å². The lowest BCUT2D eigenvalue weighted by atomic mass is 9.20. The molecule has 0 saturated heterocycles. The van der Waals surface area contributed by atoms with Crippen molar-refractivity contribution in [3.63, 3.8) is 0 Å². The van der Waals surface area contributed by atoms with Crippen LogP contribution in [0.5, 0.6) is 0 Å². The molecule has 7 nitrogen and oxygen atoms in total. The Balaban J connectivity index is 1.52. The van der Waals surface area contributed by atoms with Crippen LogP contribution >= 0.6 is 0 Å². The Kier molecular flexibility index (Phi) is 7.14. The van der Waals surface area contributed by atoms with E-state index in [9.17, 15) is 15.3 Å². The first-order chi connectivity index (χ1) is 16.9. The van der Waals surface area contributed by atoms with Crippen LogP contribution in [0.2, 0.25) is 0 Å². The molecule has 4 atom stereocenters. The summed E-state index contributed by atoms with van der Waals surface area (Å²) >= 11 is 0. The van der Waals surface area contributed by atoms with Crippen LogP contribution in [0.3, 0.4) is 0 Å². The lowest BCUT2D eigenvalue weighted by molar-refractivity contribution is -0.366. The van der Waals surface area contributed by atoms with E-state index in [-0.39, 0.29) is 36.1 Å². The van der Waals surface area contributed by atoms with Crippen molar-refractivity contribution in [3.8, 4) is 0 Å². The van der Waals surface area contributed by atoms with Gasteiger partial charge in [-0.1, -0.05) is 46.8 Å². The van der Waals surface area contributed by atoms with Crippen LogP contribution in [-0.2, 0) is 32.5 Å². The summed E-state index contributed by atoms with van der Waals surface area (Å²) in [5.41, 5.74) is 17.1. The Morgan fingerprint density at radius 1 is 0.750 bits per heavy atom. The van der Waals surface area contributed by atoms with Gasteiger partial charge >= 0.3 is 0 Å². The maximum absolute atomic E-state index is 9.90. The number of aliphatic hydroxyl groups excluding tert-OH is 3. The summed E-state index contributed by atoms with van der Waals surface area (Å²) in [6, 6.07) is 5.90. The largest absolute Gasteiger partial charge is 0.396 e. The SMILES string of the molecule is CC1(C)C(CCc2ccc(CO)nc2N)C2C(CCc3cc(CCO)c(N)nc3CO)C(C)(C)[C@]21C. The van der Waals surface area contributed by atoms with E-state index in [1.807, 2.05) is 18.2 Å². The number of nitrogen functional groups attached to an aromatic ring is 2. The number of hydrogen-bond donors (Lipinski definition) is 5. The minimum absolute atomic E-state index is 0.0272. The maximum atomic E-state index is 9.90. The molecular formula is C29H44N4O3. The quantitative estimate of drug-likeness (QED) is 0.338. The highest BCUT2D eigenvalue weighted by Gasteiger charge is 2.79. The minimum atomic E-state index is -0.131. The van der Waals surface area contributed by atoms with Crippen LogP contribution < -0.4 is 11.5 Å². The van der Waals surface area contributed by atoms with Crippen molar-refractivity contribution in [2.75, 3.05) is 18.1 Å². The lowest BCUT2D eigenvalue weighted by Gasteiger charge is -2.84. The summed E-state index contributed by atoms with van der Waals surface area (Å²) in [6.07, 6.45) is 4.30. The average molecular weight is 497 g/mol.